The van der Waals surface area contributed by atoms with Gasteiger partial charge in [-0.05, 0) is 12.1 Å². The van der Waals surface area contributed by atoms with Gasteiger partial charge in [-0.25, -0.2) is 9.97 Å². The molecule has 2 aromatic heterocycles. The maximum absolute atomic E-state index is 7.12. The molecule has 2 aromatic rings. The number of nitrogens with one attached hydrogen (secondary N) is 2. The van der Waals surface area contributed by atoms with Crippen molar-refractivity contribution in [2.45, 2.75) is 0 Å². The second-order valence-electron chi connectivity index (χ2n) is 1.96. The highest BCUT2D eigenvalue weighted by atomic mass is 15.1. The minimum Gasteiger partial charge on any atom is -0.307 e. The number of H-pyrrole nitrogens is 1. The lowest BCUT2D eigenvalue weighted by Gasteiger charge is -1.80. The Bertz CT molecular complexity index is 318. The van der Waals surface area contributed by atoms with Gasteiger partial charge in [0.25, 0.3) is 0 Å². The van der Waals surface area contributed by atoms with Crippen molar-refractivity contribution < 1.29 is 0 Å². The molecule has 49 valence electrons. The first-order chi connectivity index (χ1) is 4.86. The summed E-state index contributed by atoms with van der Waals surface area (Å²) in [6.07, 6.45) is 1.67. The third-order valence-electron chi connectivity index (χ3n) is 1.26. The van der Waals surface area contributed by atoms with E-state index in [-0.39, 0.29) is 5.95 Å². The molecule has 2 heterocycles. The summed E-state index contributed by atoms with van der Waals surface area (Å²) >= 11 is 0. The predicted molar refractivity (Wildman–Crippen MR) is 36.6 cm³/mol. The number of pyridine rings is 1. The zero-order valence-corrected chi connectivity index (χ0v) is 5.13. The first kappa shape index (κ1) is 5.22. The first-order valence-electron chi connectivity index (χ1n) is 2.88. The minimum absolute atomic E-state index is 0.161. The molecule has 4 nitrogen and oxygen atoms in total. The molecule has 0 unspecified atom stereocenters. The van der Waals surface area contributed by atoms with Gasteiger partial charge in [-0.2, -0.15) is 0 Å². The van der Waals surface area contributed by atoms with Crippen LogP contribution in [0.15, 0.2) is 18.3 Å². The predicted octanol–water partition coefficient (Wildman–Crippen LogP) is 0.872. The highest BCUT2D eigenvalue weighted by Gasteiger charge is 1.96. The molecule has 10 heavy (non-hydrogen) atoms. The molecule has 2 N–H and O–H groups in total. The van der Waals surface area contributed by atoms with Crippen LogP contribution < -0.4 is 5.73 Å². The van der Waals surface area contributed by atoms with Gasteiger partial charge in [-0.1, -0.05) is 0 Å². The fourth-order valence-corrected chi connectivity index (χ4v) is 0.844. The van der Waals surface area contributed by atoms with Crippen molar-refractivity contribution in [1.29, 1.82) is 0 Å². The van der Waals surface area contributed by atoms with Crippen LogP contribution in [0.1, 0.15) is 0 Å². The maximum atomic E-state index is 7.12. The van der Waals surface area contributed by atoms with E-state index in [1.54, 1.807) is 12.3 Å². The largest absolute Gasteiger partial charge is 0.307 e. The number of aromatic amines is 1. The molecule has 0 aliphatic heterocycles. The van der Waals surface area contributed by atoms with E-state index in [0.29, 0.717) is 5.65 Å². The van der Waals surface area contributed by atoms with Gasteiger partial charge in [0.1, 0.15) is 5.52 Å². The van der Waals surface area contributed by atoms with Crippen molar-refractivity contribution in [3.8, 4) is 0 Å². The standard InChI is InChI=1S/C6H5N4/c7-6-9-4-2-1-3-8-5(4)10-6/h1-3,7H,(H,8,9,10). The number of imidazole rings is 1. The lowest BCUT2D eigenvalue weighted by molar-refractivity contribution is 1.23. The molecule has 0 aliphatic rings. The molecule has 4 heteroatoms. The minimum atomic E-state index is 0.161. The average molecular weight is 133 g/mol. The van der Waals surface area contributed by atoms with Crippen LogP contribution in [-0.4, -0.2) is 15.0 Å². The normalized spacial score (nSPS) is 10.4. The number of nitrogens with zero attached hydrogens (tertiary/aromatic N) is 2. The highest BCUT2D eigenvalue weighted by molar-refractivity contribution is 5.71. The Morgan fingerprint density at radius 3 is 3.20 bits per heavy atom. The Labute approximate surface area is 57.1 Å². The van der Waals surface area contributed by atoms with Crippen molar-refractivity contribution in [1.82, 2.24) is 20.7 Å². The van der Waals surface area contributed by atoms with Gasteiger partial charge in [0.2, 0.25) is 5.95 Å². The van der Waals surface area contributed by atoms with E-state index < -0.39 is 0 Å². The molecule has 0 fully saturated rings. The quantitative estimate of drug-likeness (QED) is 0.579. The summed E-state index contributed by atoms with van der Waals surface area (Å²) in [4.78, 5) is 10.5. The molecule has 1 radical (unpaired) electrons. The van der Waals surface area contributed by atoms with Crippen LogP contribution in [0, 0.1) is 0 Å². The van der Waals surface area contributed by atoms with Gasteiger partial charge in [0.05, 0.1) is 0 Å². The molecule has 0 aliphatic carbocycles. The van der Waals surface area contributed by atoms with Crippen molar-refractivity contribution in [2.24, 2.45) is 0 Å². The van der Waals surface area contributed by atoms with E-state index in [9.17, 15) is 0 Å². The lowest BCUT2D eigenvalue weighted by atomic mass is 10.4. The van der Waals surface area contributed by atoms with E-state index in [1.165, 1.54) is 0 Å². The van der Waals surface area contributed by atoms with Gasteiger partial charge >= 0.3 is 0 Å². The zero-order valence-electron chi connectivity index (χ0n) is 5.13. The smallest absolute Gasteiger partial charge is 0.221 e. The fourth-order valence-electron chi connectivity index (χ4n) is 0.844. The average Bonchev–Trinajstić information content (AvgIpc) is 2.27. The SMILES string of the molecule is [NH]c1nc2cccnc2[nH]1. The van der Waals surface area contributed by atoms with Gasteiger partial charge in [-0.3, -0.25) is 5.73 Å². The van der Waals surface area contributed by atoms with Crippen LogP contribution in [0.5, 0.6) is 0 Å². The summed E-state index contributed by atoms with van der Waals surface area (Å²) in [7, 11) is 0. The summed E-state index contributed by atoms with van der Waals surface area (Å²) in [5, 5.41) is 0. The molecule has 0 saturated heterocycles. The molecular weight excluding hydrogens is 128 g/mol. The van der Waals surface area contributed by atoms with Crippen molar-refractivity contribution in [3.05, 3.63) is 18.3 Å². The Morgan fingerprint density at radius 1 is 1.50 bits per heavy atom. The summed E-state index contributed by atoms with van der Waals surface area (Å²) in [6, 6.07) is 3.61. The molecule has 0 bridgehead atoms. The number of hydrogen-bond acceptors (Lipinski definition) is 2. The summed E-state index contributed by atoms with van der Waals surface area (Å²) < 4.78 is 0. The van der Waals surface area contributed by atoms with Crippen LogP contribution in [0.2, 0.25) is 0 Å². The van der Waals surface area contributed by atoms with Crippen molar-refractivity contribution in [3.63, 3.8) is 0 Å². The third kappa shape index (κ3) is 0.621. The van der Waals surface area contributed by atoms with E-state index in [2.05, 4.69) is 15.0 Å². The van der Waals surface area contributed by atoms with E-state index in [4.69, 9.17) is 5.73 Å². The van der Waals surface area contributed by atoms with Crippen LogP contribution in [0.4, 0.5) is 5.95 Å². The van der Waals surface area contributed by atoms with E-state index >= 15 is 0 Å². The molecule has 0 atom stereocenters. The van der Waals surface area contributed by atoms with Crippen molar-refractivity contribution in [2.75, 3.05) is 0 Å². The molecule has 0 spiro atoms. The Balaban J connectivity index is 2.88. The van der Waals surface area contributed by atoms with Crippen LogP contribution in [-0.2, 0) is 0 Å². The van der Waals surface area contributed by atoms with E-state index in [1.807, 2.05) is 6.07 Å². The third-order valence-corrected chi connectivity index (χ3v) is 1.26. The first-order valence-corrected chi connectivity index (χ1v) is 2.88. The lowest BCUT2D eigenvalue weighted by Crippen LogP contribution is -1.71. The maximum Gasteiger partial charge on any atom is 0.221 e. The molecule has 0 aromatic carbocycles. The number of hydrogen-bond donors (Lipinski definition) is 1. The zero-order chi connectivity index (χ0) is 6.97. The summed E-state index contributed by atoms with van der Waals surface area (Å²) in [5.74, 6) is 0.161. The molecule has 0 saturated carbocycles. The fraction of sp³-hybridized carbons (Fsp3) is 0. The summed E-state index contributed by atoms with van der Waals surface area (Å²) in [6.45, 7) is 0. The van der Waals surface area contributed by atoms with E-state index in [0.717, 1.165) is 5.52 Å². The van der Waals surface area contributed by atoms with Gasteiger partial charge in [-0.15, -0.1) is 0 Å². The Kier molecular flexibility index (Phi) is 0.887. The number of aromatic nitrogens is 3. The Hall–Kier alpha value is -1.58. The van der Waals surface area contributed by atoms with Gasteiger partial charge in [0, 0.05) is 6.20 Å². The molecule has 0 amide bonds. The highest BCUT2D eigenvalue weighted by Crippen LogP contribution is 2.07. The second kappa shape index (κ2) is 1.70. The monoisotopic (exact) mass is 133 g/mol. The van der Waals surface area contributed by atoms with Crippen LogP contribution in [0.3, 0.4) is 0 Å². The van der Waals surface area contributed by atoms with Gasteiger partial charge < -0.3 is 4.98 Å². The van der Waals surface area contributed by atoms with Crippen molar-refractivity contribution >= 4 is 17.1 Å². The second-order valence-corrected chi connectivity index (χ2v) is 1.96. The number of rotatable bonds is 0. The number of fused-ring (bicyclic) bond motifs is 1. The van der Waals surface area contributed by atoms with Crippen LogP contribution in [0.25, 0.3) is 11.2 Å². The Morgan fingerprint density at radius 2 is 2.40 bits per heavy atom. The van der Waals surface area contributed by atoms with Gasteiger partial charge in [0.15, 0.2) is 5.65 Å². The molecular formula is C6H5N4. The molecule has 2 rings (SSSR count). The van der Waals surface area contributed by atoms with Crippen LogP contribution >= 0.6 is 0 Å². The topological polar surface area (TPSA) is 65.4 Å². The summed E-state index contributed by atoms with van der Waals surface area (Å²) in [5.41, 5.74) is 8.53.